The van der Waals surface area contributed by atoms with Crippen LogP contribution in [-0.4, -0.2) is 65.1 Å². The Balaban J connectivity index is 1.49. The van der Waals surface area contributed by atoms with Crippen LogP contribution in [-0.2, 0) is 13.0 Å². The van der Waals surface area contributed by atoms with Crippen molar-refractivity contribution in [2.24, 2.45) is 0 Å². The fourth-order valence-electron chi connectivity index (χ4n) is 4.07. The van der Waals surface area contributed by atoms with E-state index in [0.717, 1.165) is 54.0 Å². The summed E-state index contributed by atoms with van der Waals surface area (Å²) in [6, 6.07) is 7.62. The van der Waals surface area contributed by atoms with Gasteiger partial charge in [0.05, 0.1) is 26.9 Å². The Morgan fingerprint density at radius 2 is 1.74 bits per heavy atom. The molecule has 1 aliphatic heterocycles. The largest absolute Gasteiger partial charge is 0.493 e. The molecule has 3 rings (SSSR count). The second kappa shape index (κ2) is 13.0. The molecule has 9 heteroatoms. The van der Waals surface area contributed by atoms with Gasteiger partial charge in [-0.2, -0.15) is 0 Å². The number of fused-ring (bicyclic) bond motifs is 1. The lowest BCUT2D eigenvalue weighted by Crippen LogP contribution is -2.32. The van der Waals surface area contributed by atoms with Gasteiger partial charge in [0.25, 0.3) is 5.91 Å². The third kappa shape index (κ3) is 6.65. The maximum Gasteiger partial charge on any atom is 0.255 e. The van der Waals surface area contributed by atoms with E-state index in [1.807, 2.05) is 0 Å². The summed E-state index contributed by atoms with van der Waals surface area (Å²) in [6.45, 7) is 2.59. The van der Waals surface area contributed by atoms with Crippen molar-refractivity contribution in [2.45, 2.75) is 25.8 Å². The first-order valence-corrected chi connectivity index (χ1v) is 12.4. The number of alkyl halides is 1. The van der Waals surface area contributed by atoms with Gasteiger partial charge < -0.3 is 24.3 Å². The summed E-state index contributed by atoms with van der Waals surface area (Å²) in [6.07, 6.45) is 2.79. The van der Waals surface area contributed by atoms with Crippen LogP contribution >= 0.6 is 22.6 Å². The van der Waals surface area contributed by atoms with Crippen LogP contribution < -0.4 is 24.3 Å². The second-order valence-electron chi connectivity index (χ2n) is 7.99. The van der Waals surface area contributed by atoms with Gasteiger partial charge >= 0.3 is 0 Å². The van der Waals surface area contributed by atoms with Crippen molar-refractivity contribution in [2.75, 3.05) is 54.2 Å². The molecular weight excluding hydrogens is 554 g/mol. The lowest BCUT2D eigenvalue weighted by atomic mass is 9.98. The summed E-state index contributed by atoms with van der Waals surface area (Å²) >= 11 is 2.12. The van der Waals surface area contributed by atoms with E-state index in [1.165, 1.54) is 18.2 Å². The summed E-state index contributed by atoms with van der Waals surface area (Å²) in [5.74, 6) is 1.98. The van der Waals surface area contributed by atoms with Gasteiger partial charge in [0.2, 0.25) is 0 Å². The Labute approximate surface area is 214 Å². The van der Waals surface area contributed by atoms with Crippen LogP contribution in [0, 0.1) is 3.57 Å². The van der Waals surface area contributed by atoms with Gasteiger partial charge in [-0.25, -0.2) is 4.39 Å². The zero-order valence-corrected chi connectivity index (χ0v) is 22.1. The molecule has 2 aromatic carbocycles. The number of carbonyl (C=O) groups excluding carboxylic acids is 1. The molecule has 0 saturated carbocycles. The minimum Gasteiger partial charge on any atom is -0.493 e. The molecule has 2 aromatic rings. The summed E-state index contributed by atoms with van der Waals surface area (Å²) < 4.78 is 35.1. The van der Waals surface area contributed by atoms with E-state index in [-0.39, 0.29) is 18.3 Å². The van der Waals surface area contributed by atoms with E-state index in [0.29, 0.717) is 17.9 Å². The minimum atomic E-state index is -0.641. The second-order valence-corrected chi connectivity index (χ2v) is 9.23. The summed E-state index contributed by atoms with van der Waals surface area (Å²) in [4.78, 5) is 15.2. The minimum absolute atomic E-state index is 0.130. The zero-order valence-electron chi connectivity index (χ0n) is 19.9. The highest BCUT2D eigenvalue weighted by Gasteiger charge is 2.20. The zero-order chi connectivity index (χ0) is 24.5. The number of nitrogens with zero attached hydrogens (tertiary/aromatic N) is 1. The van der Waals surface area contributed by atoms with Gasteiger partial charge in [0.1, 0.15) is 13.3 Å². The van der Waals surface area contributed by atoms with E-state index in [4.69, 9.17) is 18.9 Å². The van der Waals surface area contributed by atoms with E-state index >= 15 is 0 Å². The maximum atomic E-state index is 12.8. The molecule has 0 aliphatic carbocycles. The van der Waals surface area contributed by atoms with Crippen LogP contribution in [0.15, 0.2) is 24.3 Å². The highest BCUT2D eigenvalue weighted by Crippen LogP contribution is 2.34. The number of methoxy groups -OCH3 is 3. The van der Waals surface area contributed by atoms with Crippen molar-refractivity contribution in [3.05, 3.63) is 44.5 Å². The Bertz CT molecular complexity index is 988. The number of benzene rings is 2. The molecule has 0 unspecified atom stereocenters. The molecule has 1 amide bonds. The smallest absolute Gasteiger partial charge is 0.255 e. The Morgan fingerprint density at radius 1 is 1.03 bits per heavy atom. The summed E-state index contributed by atoms with van der Waals surface area (Å²) in [5, 5.41) is 2.95. The molecule has 1 heterocycles. The maximum absolute atomic E-state index is 12.8. The molecule has 0 spiro atoms. The van der Waals surface area contributed by atoms with Gasteiger partial charge in [-0.3, -0.25) is 9.69 Å². The SMILES string of the molecule is COc1cc2c(cc1OC)CN(CCCCNC(=O)c1cc(I)cc(OC)c1OCCF)CC2. The molecule has 0 atom stereocenters. The Hall–Kier alpha value is -2.27. The predicted molar refractivity (Wildman–Crippen MR) is 137 cm³/mol. The van der Waals surface area contributed by atoms with Crippen LogP contribution in [0.1, 0.15) is 34.3 Å². The van der Waals surface area contributed by atoms with Crippen LogP contribution in [0.4, 0.5) is 4.39 Å². The van der Waals surface area contributed by atoms with E-state index < -0.39 is 6.67 Å². The number of amides is 1. The molecule has 186 valence electrons. The monoisotopic (exact) mass is 586 g/mol. The standard InChI is InChI=1S/C25H32FIN2O5/c1-31-21-12-17-6-10-29(16-18(17)13-22(21)32-2)9-5-4-8-28-25(30)20-14-19(27)15-23(33-3)24(20)34-11-7-26/h12-15H,4-11,16H2,1-3H3,(H,28,30). The first-order chi connectivity index (χ1) is 16.5. The molecule has 1 aliphatic rings. The number of carbonyl (C=O) groups is 1. The normalized spacial score (nSPS) is 13.2. The third-order valence-corrected chi connectivity index (χ3v) is 6.41. The van der Waals surface area contributed by atoms with E-state index in [9.17, 15) is 9.18 Å². The molecule has 0 bridgehead atoms. The van der Waals surface area contributed by atoms with Crippen molar-refractivity contribution >= 4 is 28.5 Å². The summed E-state index contributed by atoms with van der Waals surface area (Å²) in [7, 11) is 4.81. The molecule has 34 heavy (non-hydrogen) atoms. The molecule has 0 saturated heterocycles. The predicted octanol–water partition coefficient (Wildman–Crippen LogP) is 4.23. The third-order valence-electron chi connectivity index (χ3n) is 5.79. The van der Waals surface area contributed by atoms with Crippen LogP contribution in [0.3, 0.4) is 0 Å². The fraction of sp³-hybridized carbons (Fsp3) is 0.480. The average Bonchev–Trinajstić information content (AvgIpc) is 2.85. The van der Waals surface area contributed by atoms with Crippen LogP contribution in [0.25, 0.3) is 0 Å². The molecule has 0 radical (unpaired) electrons. The molecule has 0 aromatic heterocycles. The lowest BCUT2D eigenvalue weighted by Gasteiger charge is -2.29. The lowest BCUT2D eigenvalue weighted by molar-refractivity contribution is 0.0947. The van der Waals surface area contributed by atoms with Crippen LogP contribution in [0.2, 0.25) is 0 Å². The van der Waals surface area contributed by atoms with Crippen LogP contribution in [0.5, 0.6) is 23.0 Å². The van der Waals surface area contributed by atoms with Crippen molar-refractivity contribution in [3.8, 4) is 23.0 Å². The van der Waals surface area contributed by atoms with E-state index in [1.54, 1.807) is 26.4 Å². The number of nitrogens with one attached hydrogen (secondary N) is 1. The number of unbranched alkanes of at least 4 members (excludes halogenated alkanes) is 1. The van der Waals surface area contributed by atoms with Gasteiger partial charge in [0.15, 0.2) is 23.0 Å². The number of halogens is 2. The number of hydrogen-bond donors (Lipinski definition) is 1. The summed E-state index contributed by atoms with van der Waals surface area (Å²) in [5.41, 5.74) is 2.93. The van der Waals surface area contributed by atoms with Gasteiger partial charge in [-0.15, -0.1) is 0 Å². The highest BCUT2D eigenvalue weighted by molar-refractivity contribution is 14.1. The Kier molecular flexibility index (Phi) is 10.1. The van der Waals surface area contributed by atoms with Crippen molar-refractivity contribution in [3.63, 3.8) is 0 Å². The van der Waals surface area contributed by atoms with E-state index in [2.05, 4.69) is 44.9 Å². The molecule has 1 N–H and O–H groups in total. The molecular formula is C25H32FIN2O5. The van der Waals surface area contributed by atoms with Crippen molar-refractivity contribution in [1.82, 2.24) is 10.2 Å². The molecule has 0 fully saturated rings. The molecule has 7 nitrogen and oxygen atoms in total. The van der Waals surface area contributed by atoms with Gasteiger partial charge in [-0.1, -0.05) is 0 Å². The number of rotatable bonds is 12. The Morgan fingerprint density at radius 3 is 2.41 bits per heavy atom. The first-order valence-electron chi connectivity index (χ1n) is 11.3. The van der Waals surface area contributed by atoms with Gasteiger partial charge in [-0.05, 0) is 83.8 Å². The fourth-order valence-corrected chi connectivity index (χ4v) is 4.66. The number of hydrogen-bond acceptors (Lipinski definition) is 6. The highest BCUT2D eigenvalue weighted by atomic mass is 127. The average molecular weight is 586 g/mol. The topological polar surface area (TPSA) is 69.3 Å². The number of ether oxygens (including phenoxy) is 4. The van der Waals surface area contributed by atoms with Crippen molar-refractivity contribution < 1.29 is 28.1 Å². The van der Waals surface area contributed by atoms with Crippen molar-refractivity contribution in [1.29, 1.82) is 0 Å². The first kappa shape index (κ1) is 26.3. The quantitative estimate of drug-likeness (QED) is 0.297. The van der Waals surface area contributed by atoms with Gasteiger partial charge in [0, 0.05) is 23.2 Å².